The van der Waals surface area contributed by atoms with Crippen molar-refractivity contribution in [2.75, 3.05) is 0 Å². The van der Waals surface area contributed by atoms with Gasteiger partial charge < -0.3 is 5.21 Å². The maximum atomic E-state index is 15.4. The van der Waals surface area contributed by atoms with Crippen LogP contribution in [0.15, 0.2) is 83.9 Å². The number of nitriles is 1. The Bertz CT molecular complexity index is 2010. The van der Waals surface area contributed by atoms with Gasteiger partial charge in [0.05, 0.1) is 33.6 Å². The molecule has 0 aliphatic heterocycles. The third-order valence-corrected chi connectivity index (χ3v) is 7.15. The third-order valence-electron chi connectivity index (χ3n) is 7.15. The van der Waals surface area contributed by atoms with Crippen molar-refractivity contribution in [2.45, 2.75) is 19.3 Å². The Morgan fingerprint density at radius 1 is 1.08 bits per heavy atom. The van der Waals surface area contributed by atoms with E-state index in [1.807, 2.05) is 56.3 Å². The smallest absolute Gasteiger partial charge is 0.333 e. The van der Waals surface area contributed by atoms with Crippen LogP contribution in [0.4, 0.5) is 4.39 Å². The molecule has 0 radical (unpaired) electrons. The quantitative estimate of drug-likeness (QED) is 0.243. The molecule has 0 aliphatic rings. The van der Waals surface area contributed by atoms with Crippen molar-refractivity contribution in [3.63, 3.8) is 0 Å². The number of aromatic nitrogens is 4. The molecule has 6 rings (SSSR count). The van der Waals surface area contributed by atoms with Crippen LogP contribution in [0.2, 0.25) is 0 Å². The average molecular weight is 504 g/mol. The van der Waals surface area contributed by atoms with Gasteiger partial charge in [-0.2, -0.15) is 9.99 Å². The number of benzene rings is 3. The fourth-order valence-electron chi connectivity index (χ4n) is 4.91. The summed E-state index contributed by atoms with van der Waals surface area (Å²) in [7, 11) is 1.60. The average Bonchev–Trinajstić information content (AvgIpc) is 3.18. The van der Waals surface area contributed by atoms with E-state index in [0.717, 1.165) is 16.5 Å². The predicted molar refractivity (Wildman–Crippen MR) is 144 cm³/mol. The van der Waals surface area contributed by atoms with Gasteiger partial charge in [0.25, 0.3) is 0 Å². The van der Waals surface area contributed by atoms with E-state index in [2.05, 4.69) is 11.1 Å². The molecule has 0 bridgehead atoms. The Labute approximate surface area is 216 Å². The Hall–Kier alpha value is -5.03. The van der Waals surface area contributed by atoms with E-state index in [1.165, 1.54) is 21.4 Å². The number of rotatable bonds is 3. The molecule has 0 spiro atoms. The highest BCUT2D eigenvalue weighted by molar-refractivity contribution is 6.03. The van der Waals surface area contributed by atoms with Gasteiger partial charge in [0.2, 0.25) is 11.7 Å². The molecule has 0 atom stereocenters. The number of nitrogens with zero attached hydrogens (tertiary/aromatic N) is 5. The van der Waals surface area contributed by atoms with E-state index in [4.69, 9.17) is 0 Å². The SMILES string of the molecule is Cn1c(=O)n(-c2ccc(C(C)(C)C#N)cc2)c2c3cc(-c4cnc5ccccc5c4)c(F)cc3[n+]([O-])cc21. The van der Waals surface area contributed by atoms with E-state index in [-0.39, 0.29) is 16.8 Å². The van der Waals surface area contributed by atoms with Crippen LogP contribution in [0.1, 0.15) is 19.4 Å². The molecule has 8 heteroatoms. The highest BCUT2D eigenvalue weighted by Crippen LogP contribution is 2.32. The van der Waals surface area contributed by atoms with Crippen molar-refractivity contribution < 1.29 is 9.12 Å². The van der Waals surface area contributed by atoms with Crippen LogP contribution >= 0.6 is 0 Å². The molecule has 0 aliphatic carbocycles. The number of halogens is 1. The summed E-state index contributed by atoms with van der Waals surface area (Å²) in [5.74, 6) is -0.563. The van der Waals surface area contributed by atoms with Crippen LogP contribution in [-0.4, -0.2) is 14.1 Å². The minimum absolute atomic E-state index is 0.106. The lowest BCUT2D eigenvalue weighted by Gasteiger charge is -2.16. The highest BCUT2D eigenvalue weighted by Gasteiger charge is 2.24. The summed E-state index contributed by atoms with van der Waals surface area (Å²) in [6, 6.07) is 21.7. The molecule has 0 fully saturated rings. The number of pyridine rings is 2. The fraction of sp³-hybridized carbons (Fsp3) is 0.133. The first-order chi connectivity index (χ1) is 18.2. The maximum absolute atomic E-state index is 15.4. The minimum atomic E-state index is -0.691. The largest absolute Gasteiger partial charge is 0.618 e. The van der Waals surface area contributed by atoms with Gasteiger partial charge >= 0.3 is 5.69 Å². The molecule has 3 aromatic heterocycles. The second-order valence-corrected chi connectivity index (χ2v) is 9.92. The second-order valence-electron chi connectivity index (χ2n) is 9.92. The summed E-state index contributed by atoms with van der Waals surface area (Å²) in [5, 5.41) is 23.7. The first-order valence-electron chi connectivity index (χ1n) is 12.0. The van der Waals surface area contributed by atoms with E-state index >= 15 is 4.39 Å². The molecule has 0 saturated heterocycles. The van der Waals surface area contributed by atoms with Crippen LogP contribution < -0.4 is 10.4 Å². The van der Waals surface area contributed by atoms with Gasteiger partial charge in [-0.3, -0.25) is 14.1 Å². The Kier molecular flexibility index (Phi) is 5.07. The first-order valence-corrected chi connectivity index (χ1v) is 12.0. The molecule has 0 unspecified atom stereocenters. The lowest BCUT2D eigenvalue weighted by molar-refractivity contribution is -0.575. The molecule has 3 aromatic carbocycles. The number of imidazole rings is 1. The van der Waals surface area contributed by atoms with Crippen molar-refractivity contribution in [1.82, 2.24) is 14.1 Å². The Morgan fingerprint density at radius 2 is 1.82 bits per heavy atom. The summed E-state index contributed by atoms with van der Waals surface area (Å²) in [5.41, 5.74) is 2.97. The van der Waals surface area contributed by atoms with Crippen molar-refractivity contribution >= 4 is 32.8 Å². The molecule has 38 heavy (non-hydrogen) atoms. The monoisotopic (exact) mass is 503 g/mol. The van der Waals surface area contributed by atoms with Gasteiger partial charge in [-0.1, -0.05) is 30.3 Å². The molecule has 0 amide bonds. The summed E-state index contributed by atoms with van der Waals surface area (Å²) in [6.07, 6.45) is 2.89. The Morgan fingerprint density at radius 3 is 2.55 bits per heavy atom. The fourth-order valence-corrected chi connectivity index (χ4v) is 4.91. The molecule has 7 nitrogen and oxygen atoms in total. The summed E-state index contributed by atoms with van der Waals surface area (Å²) < 4.78 is 18.9. The molecular weight excluding hydrogens is 481 g/mol. The summed E-state index contributed by atoms with van der Waals surface area (Å²) in [6.45, 7) is 3.65. The summed E-state index contributed by atoms with van der Waals surface area (Å²) in [4.78, 5) is 17.9. The van der Waals surface area contributed by atoms with E-state index in [0.29, 0.717) is 32.4 Å². The van der Waals surface area contributed by atoms with Crippen LogP contribution in [0.3, 0.4) is 0 Å². The van der Waals surface area contributed by atoms with Gasteiger partial charge in [-0.15, -0.1) is 0 Å². The third kappa shape index (κ3) is 3.44. The van der Waals surface area contributed by atoms with Crippen LogP contribution in [0, 0.1) is 22.4 Å². The first kappa shape index (κ1) is 23.4. The van der Waals surface area contributed by atoms with E-state index in [1.54, 1.807) is 31.4 Å². The van der Waals surface area contributed by atoms with Crippen molar-refractivity contribution in [1.29, 1.82) is 5.26 Å². The summed E-state index contributed by atoms with van der Waals surface area (Å²) >= 11 is 0. The van der Waals surface area contributed by atoms with Crippen molar-refractivity contribution in [3.8, 4) is 22.9 Å². The molecule has 3 heterocycles. The molecular formula is C30H22FN5O2. The van der Waals surface area contributed by atoms with Gasteiger partial charge in [-0.05, 0) is 49.7 Å². The Balaban J connectivity index is 1.65. The minimum Gasteiger partial charge on any atom is -0.618 e. The van der Waals surface area contributed by atoms with Gasteiger partial charge in [0, 0.05) is 35.8 Å². The van der Waals surface area contributed by atoms with Crippen molar-refractivity contribution in [2.24, 2.45) is 7.05 Å². The number of aryl methyl sites for hydroxylation is 1. The topological polar surface area (TPSA) is 90.5 Å². The number of hydrogen-bond acceptors (Lipinski definition) is 4. The standard InChI is InChI=1S/C30H22FN5O2/c1-30(2,17-32)20-8-10-21(11-9-20)36-28-23-13-22(19-12-18-6-4-5-7-25(18)33-15-19)24(31)14-26(23)35(38)16-27(28)34(3)29(36)37/h4-16H,1-3H3. The van der Waals surface area contributed by atoms with Crippen LogP contribution in [0.5, 0.6) is 0 Å². The van der Waals surface area contributed by atoms with Gasteiger partial charge in [0.1, 0.15) is 11.3 Å². The van der Waals surface area contributed by atoms with E-state index < -0.39 is 11.2 Å². The number of para-hydroxylation sites is 1. The molecule has 6 aromatic rings. The van der Waals surface area contributed by atoms with Crippen LogP contribution in [0.25, 0.3) is 49.7 Å². The van der Waals surface area contributed by atoms with Gasteiger partial charge in [-0.25, -0.2) is 9.18 Å². The number of hydrogen-bond donors (Lipinski definition) is 0. The van der Waals surface area contributed by atoms with Crippen LogP contribution in [-0.2, 0) is 12.5 Å². The zero-order valence-electron chi connectivity index (χ0n) is 20.9. The lowest BCUT2D eigenvalue weighted by atomic mass is 9.86. The van der Waals surface area contributed by atoms with Gasteiger partial charge in [0.15, 0.2) is 0 Å². The maximum Gasteiger partial charge on any atom is 0.333 e. The zero-order chi connectivity index (χ0) is 26.8. The molecule has 0 saturated carbocycles. The second kappa shape index (κ2) is 8.25. The predicted octanol–water partition coefficient (Wildman–Crippen LogP) is 5.27. The number of fused-ring (bicyclic) bond motifs is 4. The van der Waals surface area contributed by atoms with Crippen molar-refractivity contribution in [3.05, 3.63) is 106 Å². The molecule has 186 valence electrons. The normalized spacial score (nSPS) is 11.9. The van der Waals surface area contributed by atoms with E-state index in [9.17, 15) is 15.3 Å². The lowest BCUT2D eigenvalue weighted by Crippen LogP contribution is -2.27. The highest BCUT2D eigenvalue weighted by atomic mass is 19.1. The zero-order valence-corrected chi connectivity index (χ0v) is 20.9. The molecule has 0 N–H and O–H groups in total.